The van der Waals surface area contributed by atoms with Gasteiger partial charge in [0, 0.05) is 11.2 Å². The molecule has 1 N–H and O–H groups in total. The zero-order valence-electron chi connectivity index (χ0n) is 12.8. The number of hydrogen-bond donors (Lipinski definition) is 2. The Morgan fingerprint density at radius 2 is 1.95 bits per heavy atom. The highest BCUT2D eigenvalue weighted by Crippen LogP contribution is 2.64. The third-order valence-corrected chi connectivity index (χ3v) is 8.23. The molecule has 4 aliphatic carbocycles. The van der Waals surface area contributed by atoms with Crippen molar-refractivity contribution in [2.45, 2.75) is 69.1 Å². The van der Waals surface area contributed by atoms with Gasteiger partial charge in [0.05, 0.1) is 6.10 Å². The summed E-state index contributed by atoms with van der Waals surface area (Å²) in [5.41, 5.74) is 1.45. The van der Waals surface area contributed by atoms with E-state index in [0.29, 0.717) is 30.0 Å². The van der Waals surface area contributed by atoms with E-state index in [2.05, 4.69) is 6.92 Å². The summed E-state index contributed by atoms with van der Waals surface area (Å²) in [7, 11) is 0. The third kappa shape index (κ3) is 1.86. The summed E-state index contributed by atoms with van der Waals surface area (Å²) < 4.78 is -0.0360. The Morgan fingerprint density at radius 1 is 1.14 bits per heavy atom. The molecule has 4 rings (SSSR count). The number of fused-ring (bicyclic) bond motifs is 5. The van der Waals surface area contributed by atoms with E-state index < -0.39 is 0 Å². The Hall–Kier alpha value is -0.280. The summed E-state index contributed by atoms with van der Waals surface area (Å²) in [4.78, 5) is 11.8. The lowest BCUT2D eigenvalue weighted by Gasteiger charge is -2.57. The van der Waals surface area contributed by atoms with Gasteiger partial charge >= 0.3 is 0 Å². The Balaban J connectivity index is 1.69. The van der Waals surface area contributed by atoms with Crippen LogP contribution in [-0.4, -0.2) is 21.7 Å². The summed E-state index contributed by atoms with van der Waals surface area (Å²) in [5.74, 6) is 2.26. The minimum Gasteiger partial charge on any atom is -0.393 e. The molecule has 0 bridgehead atoms. The molecule has 3 heteroatoms. The van der Waals surface area contributed by atoms with Gasteiger partial charge in [-0.15, -0.1) is 0 Å². The smallest absolute Gasteiger partial charge is 0.155 e. The van der Waals surface area contributed by atoms with Crippen LogP contribution in [0.3, 0.4) is 0 Å². The van der Waals surface area contributed by atoms with Gasteiger partial charge in [0.25, 0.3) is 0 Å². The van der Waals surface area contributed by atoms with E-state index in [1.807, 2.05) is 6.08 Å². The molecule has 0 heterocycles. The van der Waals surface area contributed by atoms with E-state index >= 15 is 0 Å². The van der Waals surface area contributed by atoms with Crippen LogP contribution in [0.2, 0.25) is 0 Å². The Bertz CT molecular complexity index is 513. The van der Waals surface area contributed by atoms with E-state index in [4.69, 9.17) is 12.6 Å². The lowest BCUT2D eigenvalue weighted by Crippen LogP contribution is -2.53. The molecule has 0 spiro atoms. The van der Waals surface area contributed by atoms with Crippen molar-refractivity contribution >= 4 is 18.4 Å². The number of hydrogen-bond acceptors (Lipinski definition) is 3. The Morgan fingerprint density at radius 3 is 2.76 bits per heavy atom. The topological polar surface area (TPSA) is 37.3 Å². The van der Waals surface area contributed by atoms with Crippen LogP contribution in [0.1, 0.15) is 58.3 Å². The van der Waals surface area contributed by atoms with Gasteiger partial charge in [-0.25, -0.2) is 0 Å². The molecule has 3 saturated carbocycles. The fraction of sp³-hybridized carbons (Fsp3) is 0.833. The number of ketones is 1. The predicted molar refractivity (Wildman–Crippen MR) is 86.3 cm³/mol. The molecule has 1 unspecified atom stereocenters. The molecular weight excluding hydrogens is 280 g/mol. The van der Waals surface area contributed by atoms with Crippen LogP contribution >= 0.6 is 12.6 Å². The van der Waals surface area contributed by atoms with Crippen molar-refractivity contribution in [3.05, 3.63) is 11.6 Å². The molecule has 6 atom stereocenters. The molecule has 3 fully saturated rings. The molecule has 0 aromatic rings. The zero-order valence-corrected chi connectivity index (χ0v) is 13.7. The van der Waals surface area contributed by atoms with Crippen LogP contribution in [-0.2, 0) is 4.79 Å². The second kappa shape index (κ2) is 4.61. The quantitative estimate of drug-likeness (QED) is 0.672. The van der Waals surface area contributed by atoms with Crippen LogP contribution in [0.15, 0.2) is 11.6 Å². The highest BCUT2D eigenvalue weighted by atomic mass is 32.1. The van der Waals surface area contributed by atoms with Crippen molar-refractivity contribution in [1.82, 2.24) is 0 Å². The summed E-state index contributed by atoms with van der Waals surface area (Å²) in [5, 5.41) is 10.4. The average molecular weight is 306 g/mol. The summed E-state index contributed by atoms with van der Waals surface area (Å²) in [6, 6.07) is 0. The van der Waals surface area contributed by atoms with E-state index in [-0.39, 0.29) is 16.3 Å². The fourth-order valence-corrected chi connectivity index (χ4v) is 6.76. The maximum atomic E-state index is 11.8. The van der Waals surface area contributed by atoms with Crippen LogP contribution < -0.4 is 0 Å². The standard InChI is InChI=1S/C18H26O2S/c1-17-8-7-15-13(14(17)4-5-16(17)20)3-2-11-10-12(19)6-9-18(11,15)21/h10,13-16,20-21H,2-9H2,1H3/t13-,14-,15-,16-,17-,18?/m0/s1. The van der Waals surface area contributed by atoms with Crippen molar-refractivity contribution in [1.29, 1.82) is 0 Å². The lowest BCUT2D eigenvalue weighted by molar-refractivity contribution is -0.115. The maximum absolute atomic E-state index is 11.8. The fourth-order valence-electron chi connectivity index (χ4n) is 6.16. The zero-order chi connectivity index (χ0) is 14.8. The third-order valence-electron chi connectivity index (χ3n) is 7.39. The largest absolute Gasteiger partial charge is 0.393 e. The van der Waals surface area contributed by atoms with Crippen molar-refractivity contribution in [3.63, 3.8) is 0 Å². The highest BCUT2D eigenvalue weighted by Gasteiger charge is 2.59. The van der Waals surface area contributed by atoms with Crippen molar-refractivity contribution < 1.29 is 9.90 Å². The van der Waals surface area contributed by atoms with Gasteiger partial charge < -0.3 is 5.11 Å². The molecular formula is C18H26O2S. The second-order valence-corrected chi connectivity index (χ2v) is 8.91. The van der Waals surface area contributed by atoms with E-state index in [1.54, 1.807) is 0 Å². The van der Waals surface area contributed by atoms with Gasteiger partial charge in [-0.1, -0.05) is 12.5 Å². The highest BCUT2D eigenvalue weighted by molar-refractivity contribution is 7.82. The Labute approximate surface area is 132 Å². The summed E-state index contributed by atoms with van der Waals surface area (Å²) in [6.07, 6.45) is 10.1. The first-order chi connectivity index (χ1) is 9.95. The molecule has 0 aromatic carbocycles. The van der Waals surface area contributed by atoms with Crippen LogP contribution in [0.25, 0.3) is 0 Å². The maximum Gasteiger partial charge on any atom is 0.155 e. The molecule has 0 amide bonds. The number of aliphatic hydroxyl groups excluding tert-OH is 1. The first-order valence-corrected chi connectivity index (χ1v) is 9.04. The normalized spacial score (nSPS) is 52.7. The molecule has 0 saturated heterocycles. The molecule has 0 radical (unpaired) electrons. The van der Waals surface area contributed by atoms with Crippen LogP contribution in [0.5, 0.6) is 0 Å². The summed E-state index contributed by atoms with van der Waals surface area (Å²) in [6.45, 7) is 2.31. The van der Waals surface area contributed by atoms with Gasteiger partial charge in [-0.05, 0) is 74.2 Å². The second-order valence-electron chi connectivity index (χ2n) is 8.11. The van der Waals surface area contributed by atoms with E-state index in [1.165, 1.54) is 24.8 Å². The first kappa shape index (κ1) is 14.3. The number of carbonyl (C=O) groups excluding carboxylic acids is 1. The molecule has 0 aromatic heterocycles. The lowest BCUT2D eigenvalue weighted by atomic mass is 9.52. The van der Waals surface area contributed by atoms with Gasteiger partial charge in [-0.3, -0.25) is 4.79 Å². The van der Waals surface area contributed by atoms with Crippen molar-refractivity contribution in [2.75, 3.05) is 0 Å². The molecule has 0 aliphatic heterocycles. The van der Waals surface area contributed by atoms with Crippen molar-refractivity contribution in [3.8, 4) is 0 Å². The first-order valence-electron chi connectivity index (χ1n) is 8.59. The van der Waals surface area contributed by atoms with Gasteiger partial charge in [0.15, 0.2) is 5.78 Å². The van der Waals surface area contributed by atoms with Crippen molar-refractivity contribution in [2.24, 2.45) is 23.2 Å². The monoisotopic (exact) mass is 306 g/mol. The van der Waals surface area contributed by atoms with Crippen LogP contribution in [0.4, 0.5) is 0 Å². The van der Waals surface area contributed by atoms with Gasteiger partial charge in [0.1, 0.15) is 0 Å². The number of rotatable bonds is 0. The predicted octanol–water partition coefficient (Wildman–Crippen LogP) is 3.54. The SMILES string of the molecule is C[C@]12CC[C@H]3[C@@H](CCC4=CC(=O)CCC43S)[C@@H]1CC[C@@H]2O. The Kier molecular flexibility index (Phi) is 3.14. The minimum absolute atomic E-state index is 0.0360. The van der Waals surface area contributed by atoms with Gasteiger partial charge in [0.2, 0.25) is 0 Å². The molecule has 116 valence electrons. The molecule has 2 nitrogen and oxygen atoms in total. The average Bonchev–Trinajstić information content (AvgIpc) is 2.76. The molecule has 4 aliphatic rings. The number of aliphatic hydroxyl groups is 1. The van der Waals surface area contributed by atoms with E-state index in [0.717, 1.165) is 25.7 Å². The van der Waals surface area contributed by atoms with E-state index in [9.17, 15) is 9.90 Å². The van der Waals surface area contributed by atoms with Crippen LogP contribution in [0, 0.1) is 23.2 Å². The molecule has 21 heavy (non-hydrogen) atoms. The summed E-state index contributed by atoms with van der Waals surface area (Å²) >= 11 is 5.14. The number of carbonyl (C=O) groups is 1. The number of thiol groups is 1. The van der Waals surface area contributed by atoms with Gasteiger partial charge in [-0.2, -0.15) is 12.6 Å². The minimum atomic E-state index is -0.107.